The number of nitrogens with one attached hydrogen (secondary N) is 2. The molecule has 6 heteroatoms. The Morgan fingerprint density at radius 3 is 2.92 bits per heavy atom. The summed E-state index contributed by atoms with van der Waals surface area (Å²) in [5.74, 6) is 1.08. The minimum absolute atomic E-state index is 0.186. The normalized spacial score (nSPS) is 15.9. The number of ether oxygens (including phenoxy) is 1. The van der Waals surface area contributed by atoms with Gasteiger partial charge in [0.25, 0.3) is 11.8 Å². The highest BCUT2D eigenvalue weighted by Crippen LogP contribution is 2.32. The van der Waals surface area contributed by atoms with Gasteiger partial charge in [-0.25, -0.2) is 0 Å². The van der Waals surface area contributed by atoms with Gasteiger partial charge in [0.15, 0.2) is 6.10 Å². The van der Waals surface area contributed by atoms with E-state index in [1.807, 2.05) is 24.5 Å². The summed E-state index contributed by atoms with van der Waals surface area (Å²) in [7, 11) is 0. The summed E-state index contributed by atoms with van der Waals surface area (Å²) in [5, 5.41) is 5.62. The molecule has 5 nitrogen and oxygen atoms in total. The van der Waals surface area contributed by atoms with Crippen molar-refractivity contribution in [3.8, 4) is 5.75 Å². The number of carbonyl (C=O) groups excluding carboxylic acids is 2. The van der Waals surface area contributed by atoms with E-state index in [9.17, 15) is 9.59 Å². The van der Waals surface area contributed by atoms with Crippen molar-refractivity contribution in [2.75, 3.05) is 16.9 Å². The molecule has 0 saturated carbocycles. The van der Waals surface area contributed by atoms with E-state index in [0.717, 1.165) is 11.3 Å². The van der Waals surface area contributed by atoms with Gasteiger partial charge in [0, 0.05) is 17.0 Å². The van der Waals surface area contributed by atoms with Crippen LogP contribution in [0.5, 0.6) is 5.75 Å². The SMILES string of the molecule is CSCc1cccc(C(=O)Nc2ccc3c(c2)NC(=O)[C@H](C)O3)c1. The summed E-state index contributed by atoms with van der Waals surface area (Å²) in [6.45, 7) is 1.69. The number of amides is 2. The maximum absolute atomic E-state index is 12.4. The molecule has 1 heterocycles. The zero-order valence-electron chi connectivity index (χ0n) is 13.5. The maximum atomic E-state index is 12.4. The molecule has 3 rings (SSSR count). The Morgan fingerprint density at radius 2 is 2.12 bits per heavy atom. The fourth-order valence-corrected chi connectivity index (χ4v) is 2.97. The van der Waals surface area contributed by atoms with Crippen molar-refractivity contribution >= 4 is 35.0 Å². The molecule has 0 fully saturated rings. The van der Waals surface area contributed by atoms with Crippen molar-refractivity contribution in [1.82, 2.24) is 0 Å². The fraction of sp³-hybridized carbons (Fsp3) is 0.222. The molecule has 0 saturated heterocycles. The highest BCUT2D eigenvalue weighted by atomic mass is 32.2. The highest BCUT2D eigenvalue weighted by molar-refractivity contribution is 7.97. The van der Waals surface area contributed by atoms with E-state index in [0.29, 0.717) is 22.7 Å². The minimum atomic E-state index is -0.517. The highest BCUT2D eigenvalue weighted by Gasteiger charge is 2.23. The van der Waals surface area contributed by atoms with Gasteiger partial charge in [-0.2, -0.15) is 11.8 Å². The maximum Gasteiger partial charge on any atom is 0.265 e. The summed E-state index contributed by atoms with van der Waals surface area (Å²) < 4.78 is 5.50. The zero-order chi connectivity index (χ0) is 17.1. The molecule has 0 unspecified atom stereocenters. The van der Waals surface area contributed by atoms with Crippen LogP contribution in [0.2, 0.25) is 0 Å². The van der Waals surface area contributed by atoms with E-state index >= 15 is 0 Å². The van der Waals surface area contributed by atoms with Crippen LogP contribution in [0, 0.1) is 0 Å². The van der Waals surface area contributed by atoms with Crippen molar-refractivity contribution in [1.29, 1.82) is 0 Å². The average Bonchev–Trinajstić information content (AvgIpc) is 2.57. The smallest absolute Gasteiger partial charge is 0.265 e. The molecule has 1 atom stereocenters. The van der Waals surface area contributed by atoms with E-state index in [2.05, 4.69) is 10.6 Å². The number of benzene rings is 2. The minimum Gasteiger partial charge on any atom is -0.479 e. The molecule has 0 bridgehead atoms. The Labute approximate surface area is 144 Å². The van der Waals surface area contributed by atoms with Crippen molar-refractivity contribution in [2.24, 2.45) is 0 Å². The van der Waals surface area contributed by atoms with Crippen molar-refractivity contribution in [3.63, 3.8) is 0 Å². The van der Waals surface area contributed by atoms with Crippen LogP contribution in [0.15, 0.2) is 42.5 Å². The van der Waals surface area contributed by atoms with Crippen molar-refractivity contribution < 1.29 is 14.3 Å². The molecule has 24 heavy (non-hydrogen) atoms. The Hall–Kier alpha value is -2.47. The van der Waals surface area contributed by atoms with Gasteiger partial charge in [0.05, 0.1) is 5.69 Å². The first-order valence-electron chi connectivity index (χ1n) is 7.57. The molecule has 124 valence electrons. The molecule has 0 aliphatic carbocycles. The molecule has 0 aromatic heterocycles. The molecule has 2 amide bonds. The van der Waals surface area contributed by atoms with Crippen LogP contribution in [-0.2, 0) is 10.5 Å². The third kappa shape index (κ3) is 3.54. The van der Waals surface area contributed by atoms with Crippen LogP contribution in [0.3, 0.4) is 0 Å². The predicted octanol–water partition coefficient (Wildman–Crippen LogP) is 3.52. The van der Waals surface area contributed by atoms with Crippen LogP contribution in [0.1, 0.15) is 22.8 Å². The van der Waals surface area contributed by atoms with Crippen molar-refractivity contribution in [3.05, 3.63) is 53.6 Å². The predicted molar refractivity (Wildman–Crippen MR) is 96.8 cm³/mol. The molecule has 2 aromatic carbocycles. The lowest BCUT2D eigenvalue weighted by atomic mass is 10.1. The van der Waals surface area contributed by atoms with Crippen molar-refractivity contribution in [2.45, 2.75) is 18.8 Å². The van der Waals surface area contributed by atoms with Gasteiger partial charge < -0.3 is 15.4 Å². The van der Waals surface area contributed by atoms with Gasteiger partial charge in [-0.3, -0.25) is 9.59 Å². The quantitative estimate of drug-likeness (QED) is 0.892. The zero-order valence-corrected chi connectivity index (χ0v) is 14.3. The largest absolute Gasteiger partial charge is 0.479 e. The average molecular weight is 342 g/mol. The number of carbonyl (C=O) groups is 2. The first kappa shape index (κ1) is 16.4. The Morgan fingerprint density at radius 1 is 1.29 bits per heavy atom. The lowest BCUT2D eigenvalue weighted by Gasteiger charge is -2.23. The number of anilines is 2. The Kier molecular flexibility index (Phi) is 4.76. The van der Waals surface area contributed by atoms with Gasteiger partial charge in [0.2, 0.25) is 0 Å². The van der Waals surface area contributed by atoms with Gasteiger partial charge in [-0.05, 0) is 49.1 Å². The second-order valence-corrected chi connectivity index (χ2v) is 6.41. The number of hydrogen-bond donors (Lipinski definition) is 2. The van der Waals surface area contributed by atoms with Gasteiger partial charge >= 0.3 is 0 Å². The second kappa shape index (κ2) is 6.97. The molecule has 1 aliphatic rings. The van der Waals surface area contributed by atoms with E-state index in [1.165, 1.54) is 0 Å². The fourth-order valence-electron chi connectivity index (χ4n) is 2.46. The van der Waals surface area contributed by atoms with Crippen LogP contribution < -0.4 is 15.4 Å². The third-order valence-corrected chi connectivity index (χ3v) is 4.29. The summed E-state index contributed by atoms with van der Waals surface area (Å²) in [5.41, 5.74) is 2.88. The molecule has 2 aromatic rings. The molecule has 1 aliphatic heterocycles. The van der Waals surface area contributed by atoms with Crippen LogP contribution in [0.4, 0.5) is 11.4 Å². The van der Waals surface area contributed by atoms with E-state index < -0.39 is 6.10 Å². The molecule has 0 spiro atoms. The Bertz CT molecular complexity index is 792. The van der Waals surface area contributed by atoms with E-state index in [1.54, 1.807) is 43.0 Å². The summed E-state index contributed by atoms with van der Waals surface area (Å²) in [6, 6.07) is 12.7. The first-order chi connectivity index (χ1) is 11.6. The van der Waals surface area contributed by atoms with E-state index in [4.69, 9.17) is 4.74 Å². The summed E-state index contributed by atoms with van der Waals surface area (Å²) in [6.07, 6.45) is 1.51. The van der Waals surface area contributed by atoms with Crippen LogP contribution in [-0.4, -0.2) is 24.2 Å². The first-order valence-corrected chi connectivity index (χ1v) is 8.97. The standard InChI is InChI=1S/C18H18N2O3S/c1-11-17(21)20-15-9-14(6-7-16(15)23-11)19-18(22)13-5-3-4-12(8-13)10-24-2/h3-9,11H,10H2,1-2H3,(H,19,22)(H,20,21)/t11-/m0/s1. The topological polar surface area (TPSA) is 67.4 Å². The monoisotopic (exact) mass is 342 g/mol. The molecular weight excluding hydrogens is 324 g/mol. The second-order valence-electron chi connectivity index (χ2n) is 5.55. The molecule has 2 N–H and O–H groups in total. The van der Waals surface area contributed by atoms with Gasteiger partial charge in [-0.15, -0.1) is 0 Å². The number of rotatable bonds is 4. The van der Waals surface area contributed by atoms with Gasteiger partial charge in [-0.1, -0.05) is 12.1 Å². The van der Waals surface area contributed by atoms with Crippen LogP contribution in [0.25, 0.3) is 0 Å². The molecular formula is C18H18N2O3S. The van der Waals surface area contributed by atoms with E-state index in [-0.39, 0.29) is 11.8 Å². The Balaban J connectivity index is 1.77. The number of fused-ring (bicyclic) bond motifs is 1. The lowest BCUT2D eigenvalue weighted by Crippen LogP contribution is -2.34. The third-order valence-electron chi connectivity index (χ3n) is 3.67. The number of thioether (sulfide) groups is 1. The van der Waals surface area contributed by atoms with Gasteiger partial charge in [0.1, 0.15) is 5.75 Å². The number of hydrogen-bond acceptors (Lipinski definition) is 4. The molecule has 0 radical (unpaired) electrons. The summed E-state index contributed by atoms with van der Waals surface area (Å²) >= 11 is 1.71. The summed E-state index contributed by atoms with van der Waals surface area (Å²) in [4.78, 5) is 24.1. The lowest BCUT2D eigenvalue weighted by molar-refractivity contribution is -0.122. The van der Waals surface area contributed by atoms with Crippen LogP contribution >= 0.6 is 11.8 Å².